The molecular weight excluding hydrogens is 358 g/mol. The Bertz CT molecular complexity index is 1110. The van der Waals surface area contributed by atoms with Crippen molar-refractivity contribution in [1.29, 1.82) is 0 Å². The zero-order valence-electron chi connectivity index (χ0n) is 15.7. The van der Waals surface area contributed by atoms with Crippen LogP contribution in [0.5, 0.6) is 0 Å². The minimum Gasteiger partial charge on any atom is -0.478 e. The van der Waals surface area contributed by atoms with Gasteiger partial charge in [-0.25, -0.2) is 4.79 Å². The van der Waals surface area contributed by atoms with Crippen LogP contribution < -0.4 is 0 Å². The van der Waals surface area contributed by atoms with Crippen molar-refractivity contribution in [2.24, 2.45) is 4.99 Å². The van der Waals surface area contributed by atoms with Crippen LogP contribution >= 0.6 is 0 Å². The second-order valence-electron chi connectivity index (χ2n) is 6.50. The SMILES string of the molecule is Cc1cc(C(=O)O)ccc1N=Cc1cc(C)n(-c2cccc([N+](=O)[O-])c2)c1C. The second kappa shape index (κ2) is 7.48. The number of hydrogen-bond donors (Lipinski definition) is 1. The summed E-state index contributed by atoms with van der Waals surface area (Å²) < 4.78 is 1.94. The van der Waals surface area contributed by atoms with E-state index in [4.69, 9.17) is 5.11 Å². The minimum absolute atomic E-state index is 0.0364. The zero-order valence-corrected chi connectivity index (χ0v) is 15.7. The third kappa shape index (κ3) is 3.68. The Kier molecular flexibility index (Phi) is 5.08. The summed E-state index contributed by atoms with van der Waals surface area (Å²) in [6.45, 7) is 5.66. The molecule has 7 heteroatoms. The number of aryl methyl sites for hydroxylation is 2. The Morgan fingerprint density at radius 1 is 1.14 bits per heavy atom. The van der Waals surface area contributed by atoms with Gasteiger partial charge in [-0.3, -0.25) is 15.1 Å². The van der Waals surface area contributed by atoms with Crippen LogP contribution in [0.3, 0.4) is 0 Å². The fourth-order valence-electron chi connectivity index (χ4n) is 3.13. The van der Waals surface area contributed by atoms with Crippen LogP contribution in [0.15, 0.2) is 53.5 Å². The molecule has 7 nitrogen and oxygen atoms in total. The summed E-state index contributed by atoms with van der Waals surface area (Å²) >= 11 is 0. The molecule has 0 radical (unpaired) electrons. The van der Waals surface area contributed by atoms with Gasteiger partial charge in [0.05, 0.1) is 21.9 Å². The Hall–Kier alpha value is -3.74. The molecule has 1 aromatic heterocycles. The average Bonchev–Trinajstić information content (AvgIpc) is 2.94. The quantitative estimate of drug-likeness (QED) is 0.394. The summed E-state index contributed by atoms with van der Waals surface area (Å²) in [4.78, 5) is 26.2. The number of aromatic nitrogens is 1. The number of aliphatic imine (C=N–C) groups is 1. The summed E-state index contributed by atoms with van der Waals surface area (Å²) in [6, 6.07) is 13.2. The van der Waals surface area contributed by atoms with Crippen LogP contribution in [0.25, 0.3) is 5.69 Å². The smallest absolute Gasteiger partial charge is 0.335 e. The van der Waals surface area contributed by atoms with E-state index in [1.807, 2.05) is 37.5 Å². The number of hydrogen-bond acceptors (Lipinski definition) is 4. The molecule has 0 spiro atoms. The van der Waals surface area contributed by atoms with Gasteiger partial charge in [0.2, 0.25) is 0 Å². The van der Waals surface area contributed by atoms with E-state index in [1.54, 1.807) is 24.4 Å². The summed E-state index contributed by atoms with van der Waals surface area (Å²) in [7, 11) is 0. The van der Waals surface area contributed by atoms with Crippen LogP contribution in [0.2, 0.25) is 0 Å². The first-order valence-corrected chi connectivity index (χ1v) is 8.59. The van der Waals surface area contributed by atoms with Crippen molar-refractivity contribution in [3.8, 4) is 5.69 Å². The first kappa shape index (κ1) is 19.0. The Labute approximate surface area is 161 Å². The third-order valence-corrected chi connectivity index (χ3v) is 4.56. The Morgan fingerprint density at radius 3 is 2.54 bits per heavy atom. The molecule has 2 aromatic carbocycles. The van der Waals surface area contributed by atoms with E-state index in [2.05, 4.69) is 4.99 Å². The molecule has 28 heavy (non-hydrogen) atoms. The highest BCUT2D eigenvalue weighted by molar-refractivity contribution is 5.89. The molecule has 0 atom stereocenters. The molecule has 0 aliphatic carbocycles. The van der Waals surface area contributed by atoms with Crippen molar-refractivity contribution < 1.29 is 14.8 Å². The maximum absolute atomic E-state index is 11.1. The predicted molar refractivity (Wildman–Crippen MR) is 107 cm³/mol. The van der Waals surface area contributed by atoms with Gasteiger partial charge in [-0.05, 0) is 56.7 Å². The third-order valence-electron chi connectivity index (χ3n) is 4.56. The summed E-state index contributed by atoms with van der Waals surface area (Å²) in [5.74, 6) is -0.973. The lowest BCUT2D eigenvalue weighted by Gasteiger charge is -2.09. The number of non-ortho nitro benzene ring substituents is 1. The van der Waals surface area contributed by atoms with E-state index >= 15 is 0 Å². The van der Waals surface area contributed by atoms with Crippen LogP contribution in [0.4, 0.5) is 11.4 Å². The molecule has 3 rings (SSSR count). The molecule has 0 aliphatic rings. The average molecular weight is 377 g/mol. The minimum atomic E-state index is -0.973. The van der Waals surface area contributed by atoms with Gasteiger partial charge in [0.1, 0.15) is 0 Å². The number of benzene rings is 2. The molecule has 0 bridgehead atoms. The van der Waals surface area contributed by atoms with Gasteiger partial charge in [-0.1, -0.05) is 6.07 Å². The molecular formula is C21H19N3O4. The van der Waals surface area contributed by atoms with Gasteiger partial charge in [0, 0.05) is 35.3 Å². The van der Waals surface area contributed by atoms with Crippen molar-refractivity contribution >= 4 is 23.6 Å². The first-order valence-electron chi connectivity index (χ1n) is 8.59. The summed E-state index contributed by atoms with van der Waals surface area (Å²) in [6.07, 6.45) is 1.72. The number of nitro groups is 1. The molecule has 0 unspecified atom stereocenters. The van der Waals surface area contributed by atoms with Crippen LogP contribution in [0.1, 0.15) is 32.9 Å². The van der Waals surface area contributed by atoms with Gasteiger partial charge >= 0.3 is 5.97 Å². The molecule has 0 aliphatic heterocycles. The summed E-state index contributed by atoms with van der Waals surface area (Å²) in [5.41, 5.74) is 5.14. The second-order valence-corrected chi connectivity index (χ2v) is 6.50. The van der Waals surface area contributed by atoms with Crippen molar-refractivity contribution in [3.63, 3.8) is 0 Å². The largest absolute Gasteiger partial charge is 0.478 e. The monoisotopic (exact) mass is 377 g/mol. The van der Waals surface area contributed by atoms with Crippen LogP contribution in [0, 0.1) is 30.9 Å². The van der Waals surface area contributed by atoms with Gasteiger partial charge < -0.3 is 9.67 Å². The Balaban J connectivity index is 1.96. The molecule has 142 valence electrons. The normalized spacial score (nSPS) is 11.1. The van der Waals surface area contributed by atoms with E-state index < -0.39 is 10.9 Å². The number of aromatic carboxylic acids is 1. The lowest BCUT2D eigenvalue weighted by molar-refractivity contribution is -0.384. The van der Waals surface area contributed by atoms with E-state index in [9.17, 15) is 14.9 Å². The number of carbonyl (C=O) groups is 1. The number of rotatable bonds is 5. The molecule has 1 N–H and O–H groups in total. The highest BCUT2D eigenvalue weighted by Gasteiger charge is 2.13. The van der Waals surface area contributed by atoms with E-state index in [1.165, 1.54) is 18.2 Å². The number of carboxylic acids is 1. The van der Waals surface area contributed by atoms with Crippen molar-refractivity contribution in [2.45, 2.75) is 20.8 Å². The lowest BCUT2D eigenvalue weighted by atomic mass is 10.1. The maximum Gasteiger partial charge on any atom is 0.335 e. The van der Waals surface area contributed by atoms with E-state index in [0.29, 0.717) is 11.4 Å². The highest BCUT2D eigenvalue weighted by Crippen LogP contribution is 2.24. The highest BCUT2D eigenvalue weighted by atomic mass is 16.6. The molecule has 0 fully saturated rings. The standard InChI is InChI=1S/C21H19N3O4/c1-13-9-16(21(25)26)7-8-20(13)22-12-17-10-14(2)23(15(17)3)18-5-4-6-19(11-18)24(27)28/h4-12H,1-3H3,(H,25,26). The zero-order chi connectivity index (χ0) is 20.4. The fourth-order valence-corrected chi connectivity index (χ4v) is 3.13. The van der Waals surface area contributed by atoms with Gasteiger partial charge in [-0.15, -0.1) is 0 Å². The lowest BCUT2D eigenvalue weighted by Crippen LogP contribution is -2.00. The summed E-state index contributed by atoms with van der Waals surface area (Å²) in [5, 5.41) is 20.1. The molecule has 0 saturated carbocycles. The Morgan fingerprint density at radius 2 is 1.89 bits per heavy atom. The molecule has 1 heterocycles. The first-order chi connectivity index (χ1) is 13.3. The number of nitro benzene ring substituents is 1. The predicted octanol–water partition coefficient (Wildman–Crippen LogP) is 4.76. The maximum atomic E-state index is 11.1. The van der Waals surface area contributed by atoms with Crippen molar-refractivity contribution in [1.82, 2.24) is 4.57 Å². The van der Waals surface area contributed by atoms with Crippen LogP contribution in [-0.4, -0.2) is 26.8 Å². The van der Waals surface area contributed by atoms with Gasteiger partial charge in [0.25, 0.3) is 5.69 Å². The van der Waals surface area contributed by atoms with Crippen molar-refractivity contribution in [3.05, 3.63) is 86.7 Å². The molecule has 0 saturated heterocycles. The van der Waals surface area contributed by atoms with E-state index in [-0.39, 0.29) is 11.3 Å². The number of nitrogens with zero attached hydrogens (tertiary/aromatic N) is 3. The topological polar surface area (TPSA) is 97.7 Å². The fraction of sp³-hybridized carbons (Fsp3) is 0.143. The van der Waals surface area contributed by atoms with Crippen LogP contribution in [-0.2, 0) is 0 Å². The number of carboxylic acid groups (broad SMARTS) is 1. The van der Waals surface area contributed by atoms with Gasteiger partial charge in [0.15, 0.2) is 0 Å². The van der Waals surface area contributed by atoms with Crippen molar-refractivity contribution in [2.75, 3.05) is 0 Å². The van der Waals surface area contributed by atoms with E-state index in [0.717, 1.165) is 22.5 Å². The molecule has 0 amide bonds. The molecule has 3 aromatic rings. The van der Waals surface area contributed by atoms with Gasteiger partial charge in [-0.2, -0.15) is 0 Å².